The standard InChI is InChI=1S/C13H16F2N2O3/c1-8-9(13(19)20)4-6-17(8)12(18)10-3-2-5-16(10)7-11(14)15/h2-3,5,8-9,11H,4,6-7H2,1H3,(H,19,20). The molecule has 7 heteroatoms. The van der Waals surface area contributed by atoms with Crippen LogP contribution in [0.5, 0.6) is 0 Å². The van der Waals surface area contributed by atoms with Crippen LogP contribution >= 0.6 is 0 Å². The van der Waals surface area contributed by atoms with E-state index in [0.717, 1.165) is 0 Å². The fraction of sp³-hybridized carbons (Fsp3) is 0.538. The number of rotatable bonds is 4. The first-order valence-corrected chi connectivity index (χ1v) is 6.39. The minimum atomic E-state index is -2.54. The maximum atomic E-state index is 12.4. The Kier molecular flexibility index (Phi) is 4.06. The molecule has 1 saturated heterocycles. The molecule has 1 amide bonds. The first-order chi connectivity index (χ1) is 9.41. The van der Waals surface area contributed by atoms with Crippen molar-refractivity contribution in [2.24, 2.45) is 5.92 Å². The molecule has 2 atom stereocenters. The highest BCUT2D eigenvalue weighted by atomic mass is 19.3. The number of alkyl halides is 2. The molecule has 0 bridgehead atoms. The van der Waals surface area contributed by atoms with Crippen molar-refractivity contribution in [3.8, 4) is 0 Å². The van der Waals surface area contributed by atoms with Gasteiger partial charge in [0.1, 0.15) is 5.69 Å². The van der Waals surface area contributed by atoms with E-state index in [1.54, 1.807) is 6.92 Å². The molecule has 0 aromatic carbocycles. The van der Waals surface area contributed by atoms with Crippen LogP contribution in [0.2, 0.25) is 0 Å². The molecule has 1 aromatic rings. The summed E-state index contributed by atoms with van der Waals surface area (Å²) >= 11 is 0. The lowest BCUT2D eigenvalue weighted by Crippen LogP contribution is -2.38. The molecule has 1 fully saturated rings. The maximum absolute atomic E-state index is 12.4. The van der Waals surface area contributed by atoms with Crippen molar-refractivity contribution in [3.63, 3.8) is 0 Å². The number of carbonyl (C=O) groups is 2. The molecule has 0 radical (unpaired) electrons. The summed E-state index contributed by atoms with van der Waals surface area (Å²) in [5.41, 5.74) is 0.170. The third-order valence-electron chi connectivity index (χ3n) is 3.72. The summed E-state index contributed by atoms with van der Waals surface area (Å²) in [6.45, 7) is 1.46. The number of likely N-dealkylation sites (tertiary alicyclic amines) is 1. The van der Waals surface area contributed by atoms with Gasteiger partial charge in [-0.15, -0.1) is 0 Å². The van der Waals surface area contributed by atoms with Gasteiger partial charge in [0.15, 0.2) is 0 Å². The zero-order chi connectivity index (χ0) is 14.9. The number of carboxylic acids is 1. The Morgan fingerprint density at radius 2 is 2.20 bits per heavy atom. The molecular weight excluding hydrogens is 270 g/mol. The molecule has 20 heavy (non-hydrogen) atoms. The molecular formula is C13H16F2N2O3. The predicted octanol–water partition coefficient (Wildman–Crippen LogP) is 1.69. The van der Waals surface area contributed by atoms with Gasteiger partial charge in [0.2, 0.25) is 0 Å². The number of aliphatic carboxylic acids is 1. The Hall–Kier alpha value is -1.92. The predicted molar refractivity (Wildman–Crippen MR) is 66.7 cm³/mol. The monoisotopic (exact) mass is 286 g/mol. The van der Waals surface area contributed by atoms with Crippen molar-refractivity contribution in [2.45, 2.75) is 32.4 Å². The van der Waals surface area contributed by atoms with Gasteiger partial charge in [-0.25, -0.2) is 8.78 Å². The number of amides is 1. The summed E-state index contributed by atoms with van der Waals surface area (Å²) in [4.78, 5) is 24.8. The van der Waals surface area contributed by atoms with Crippen molar-refractivity contribution in [3.05, 3.63) is 24.0 Å². The van der Waals surface area contributed by atoms with E-state index in [1.165, 1.54) is 27.8 Å². The van der Waals surface area contributed by atoms with Crippen LogP contribution in [0.4, 0.5) is 8.78 Å². The molecule has 0 spiro atoms. The summed E-state index contributed by atoms with van der Waals surface area (Å²) in [5.74, 6) is -1.93. The summed E-state index contributed by atoms with van der Waals surface area (Å²) in [5, 5.41) is 9.04. The Bertz CT molecular complexity index is 515. The summed E-state index contributed by atoms with van der Waals surface area (Å²) in [6, 6.07) is 2.58. The fourth-order valence-corrected chi connectivity index (χ4v) is 2.62. The number of carbonyl (C=O) groups excluding carboxylic acids is 1. The minimum absolute atomic E-state index is 0.170. The van der Waals surface area contributed by atoms with Gasteiger partial charge in [-0.2, -0.15) is 0 Å². The lowest BCUT2D eigenvalue weighted by molar-refractivity contribution is -0.142. The second kappa shape index (κ2) is 5.60. The van der Waals surface area contributed by atoms with Crippen LogP contribution < -0.4 is 0 Å². The van der Waals surface area contributed by atoms with Crippen LogP contribution in [0.25, 0.3) is 0 Å². The quantitative estimate of drug-likeness (QED) is 0.916. The molecule has 0 saturated carbocycles. The molecule has 5 nitrogen and oxygen atoms in total. The van der Waals surface area contributed by atoms with Crippen LogP contribution in [0.3, 0.4) is 0 Å². The highest BCUT2D eigenvalue weighted by Crippen LogP contribution is 2.26. The van der Waals surface area contributed by atoms with Crippen molar-refractivity contribution in [2.75, 3.05) is 6.54 Å². The SMILES string of the molecule is CC1C(C(=O)O)CCN1C(=O)c1cccn1CC(F)F. The second-order valence-electron chi connectivity index (χ2n) is 4.91. The number of hydrogen-bond acceptors (Lipinski definition) is 2. The topological polar surface area (TPSA) is 62.5 Å². The molecule has 1 aromatic heterocycles. The van der Waals surface area contributed by atoms with Gasteiger partial charge in [-0.05, 0) is 25.5 Å². The molecule has 0 aliphatic carbocycles. The lowest BCUT2D eigenvalue weighted by Gasteiger charge is -2.23. The molecule has 2 rings (SSSR count). The van der Waals surface area contributed by atoms with Gasteiger partial charge in [0.05, 0.1) is 12.5 Å². The Balaban J connectivity index is 2.16. The highest BCUT2D eigenvalue weighted by molar-refractivity contribution is 5.93. The minimum Gasteiger partial charge on any atom is -0.481 e. The smallest absolute Gasteiger partial charge is 0.308 e. The zero-order valence-electron chi connectivity index (χ0n) is 11.0. The van der Waals surface area contributed by atoms with Gasteiger partial charge in [0, 0.05) is 18.8 Å². The molecule has 1 aliphatic rings. The fourth-order valence-electron chi connectivity index (χ4n) is 2.62. The van der Waals surface area contributed by atoms with Crippen molar-refractivity contribution in [1.29, 1.82) is 0 Å². The van der Waals surface area contributed by atoms with Crippen molar-refractivity contribution < 1.29 is 23.5 Å². The molecule has 2 heterocycles. The van der Waals surface area contributed by atoms with Gasteiger partial charge in [-0.1, -0.05) is 0 Å². The third kappa shape index (κ3) is 2.66. The van der Waals surface area contributed by atoms with E-state index in [9.17, 15) is 18.4 Å². The van der Waals surface area contributed by atoms with Gasteiger partial charge >= 0.3 is 5.97 Å². The largest absolute Gasteiger partial charge is 0.481 e. The van der Waals surface area contributed by atoms with E-state index in [0.29, 0.717) is 13.0 Å². The van der Waals surface area contributed by atoms with Crippen molar-refractivity contribution >= 4 is 11.9 Å². The Morgan fingerprint density at radius 3 is 2.75 bits per heavy atom. The van der Waals surface area contributed by atoms with E-state index in [-0.39, 0.29) is 5.69 Å². The molecule has 1 N–H and O–H groups in total. The van der Waals surface area contributed by atoms with Crippen LogP contribution in [0.15, 0.2) is 18.3 Å². The van der Waals surface area contributed by atoms with Gasteiger partial charge in [0.25, 0.3) is 12.3 Å². The second-order valence-corrected chi connectivity index (χ2v) is 4.91. The number of hydrogen-bond donors (Lipinski definition) is 1. The lowest BCUT2D eigenvalue weighted by atomic mass is 10.0. The average Bonchev–Trinajstić information content (AvgIpc) is 2.94. The molecule has 1 aliphatic heterocycles. The van der Waals surface area contributed by atoms with E-state index < -0.39 is 36.8 Å². The van der Waals surface area contributed by atoms with E-state index in [2.05, 4.69) is 0 Å². The average molecular weight is 286 g/mol. The highest BCUT2D eigenvalue weighted by Gasteiger charge is 2.39. The van der Waals surface area contributed by atoms with E-state index in [1.807, 2.05) is 0 Å². The molecule has 110 valence electrons. The van der Waals surface area contributed by atoms with Crippen molar-refractivity contribution in [1.82, 2.24) is 9.47 Å². The Labute approximate surface area is 114 Å². The first kappa shape index (κ1) is 14.5. The summed E-state index contributed by atoms with van der Waals surface area (Å²) < 4.78 is 26.1. The maximum Gasteiger partial charge on any atom is 0.308 e. The van der Waals surface area contributed by atoms with Gasteiger partial charge in [-0.3, -0.25) is 9.59 Å². The zero-order valence-corrected chi connectivity index (χ0v) is 11.0. The molecule has 2 unspecified atom stereocenters. The van der Waals surface area contributed by atoms with Gasteiger partial charge < -0.3 is 14.6 Å². The van der Waals surface area contributed by atoms with Crippen LogP contribution in [0, 0.1) is 5.92 Å². The van der Waals surface area contributed by atoms with Crippen LogP contribution in [-0.4, -0.2) is 45.5 Å². The number of nitrogens with zero attached hydrogens (tertiary/aromatic N) is 2. The van der Waals surface area contributed by atoms with Crippen LogP contribution in [-0.2, 0) is 11.3 Å². The van der Waals surface area contributed by atoms with E-state index >= 15 is 0 Å². The number of halogens is 2. The normalized spacial score (nSPS) is 22.5. The summed E-state index contributed by atoms with van der Waals surface area (Å²) in [6.07, 6.45) is -0.733. The summed E-state index contributed by atoms with van der Waals surface area (Å²) in [7, 11) is 0. The first-order valence-electron chi connectivity index (χ1n) is 6.39. The van der Waals surface area contributed by atoms with E-state index in [4.69, 9.17) is 5.11 Å². The number of aromatic nitrogens is 1. The Morgan fingerprint density at radius 1 is 1.50 bits per heavy atom. The van der Waals surface area contributed by atoms with Crippen LogP contribution in [0.1, 0.15) is 23.8 Å². The number of carboxylic acid groups (broad SMARTS) is 1. The third-order valence-corrected chi connectivity index (χ3v) is 3.72.